The molecule has 25 heavy (non-hydrogen) atoms. The minimum atomic E-state index is -0.349. The van der Waals surface area contributed by atoms with E-state index in [4.69, 9.17) is 4.74 Å². The molecule has 2 aromatic rings. The van der Waals surface area contributed by atoms with Crippen LogP contribution in [0.2, 0.25) is 0 Å². The van der Waals surface area contributed by atoms with E-state index in [9.17, 15) is 9.59 Å². The van der Waals surface area contributed by atoms with Crippen molar-refractivity contribution in [2.45, 2.75) is 26.3 Å². The normalized spacial score (nSPS) is 10.2. The van der Waals surface area contributed by atoms with Gasteiger partial charge in [0.15, 0.2) is 0 Å². The van der Waals surface area contributed by atoms with Crippen LogP contribution in [0.5, 0.6) is 0 Å². The predicted octanol–water partition coefficient (Wildman–Crippen LogP) is 4.73. The van der Waals surface area contributed by atoms with Gasteiger partial charge in [-0.3, -0.25) is 0 Å². The standard InChI is InChI=1S/C19H21BrN2O3/c1-2-3-12-25-18(23)14-8-10-16(11-9-14)22-19(24)21-13-15-6-4-5-7-17(15)20/h4-11H,2-3,12-13H2,1H3,(H2,21,22,24). The summed E-state index contributed by atoms with van der Waals surface area (Å²) < 4.78 is 6.09. The van der Waals surface area contributed by atoms with Crippen LogP contribution in [-0.4, -0.2) is 18.6 Å². The van der Waals surface area contributed by atoms with Gasteiger partial charge >= 0.3 is 12.0 Å². The lowest BCUT2D eigenvalue weighted by Gasteiger charge is -2.09. The Morgan fingerprint density at radius 2 is 1.80 bits per heavy atom. The molecule has 6 heteroatoms. The van der Waals surface area contributed by atoms with Crippen molar-refractivity contribution >= 4 is 33.6 Å². The lowest BCUT2D eigenvalue weighted by molar-refractivity contribution is 0.0500. The van der Waals surface area contributed by atoms with Crippen LogP contribution < -0.4 is 10.6 Å². The molecule has 2 rings (SSSR count). The average molecular weight is 405 g/mol. The highest BCUT2D eigenvalue weighted by Gasteiger charge is 2.08. The third-order valence-electron chi connectivity index (χ3n) is 3.51. The van der Waals surface area contributed by atoms with Gasteiger partial charge in [0.05, 0.1) is 12.2 Å². The van der Waals surface area contributed by atoms with Crippen molar-refractivity contribution in [1.29, 1.82) is 0 Å². The molecule has 0 aliphatic rings. The zero-order valence-corrected chi connectivity index (χ0v) is 15.6. The first-order chi connectivity index (χ1) is 12.1. The highest BCUT2D eigenvalue weighted by atomic mass is 79.9. The summed E-state index contributed by atoms with van der Waals surface area (Å²) in [5.74, 6) is -0.349. The molecule has 0 aliphatic heterocycles. The number of esters is 1. The first-order valence-corrected chi connectivity index (χ1v) is 8.95. The molecule has 0 fully saturated rings. The lowest BCUT2D eigenvalue weighted by atomic mass is 10.2. The number of carbonyl (C=O) groups is 2. The van der Waals surface area contributed by atoms with Crippen LogP contribution in [0, 0.1) is 0 Å². The predicted molar refractivity (Wildman–Crippen MR) is 102 cm³/mol. The van der Waals surface area contributed by atoms with Crippen LogP contribution in [0.4, 0.5) is 10.5 Å². The maximum Gasteiger partial charge on any atom is 0.338 e. The molecule has 2 N–H and O–H groups in total. The topological polar surface area (TPSA) is 67.4 Å². The summed E-state index contributed by atoms with van der Waals surface area (Å²) >= 11 is 3.44. The Bertz CT molecular complexity index is 717. The number of amides is 2. The highest BCUT2D eigenvalue weighted by molar-refractivity contribution is 9.10. The number of nitrogens with one attached hydrogen (secondary N) is 2. The van der Waals surface area contributed by atoms with Gasteiger partial charge in [0.2, 0.25) is 0 Å². The zero-order chi connectivity index (χ0) is 18.1. The van der Waals surface area contributed by atoms with Gasteiger partial charge in [0.1, 0.15) is 0 Å². The fraction of sp³-hybridized carbons (Fsp3) is 0.263. The molecule has 0 unspecified atom stereocenters. The summed E-state index contributed by atoms with van der Waals surface area (Å²) in [7, 11) is 0. The highest BCUT2D eigenvalue weighted by Crippen LogP contribution is 2.15. The Kier molecular flexibility index (Phi) is 7.47. The number of ether oxygens (including phenoxy) is 1. The molecule has 0 saturated carbocycles. The van der Waals surface area contributed by atoms with Crippen molar-refractivity contribution in [2.75, 3.05) is 11.9 Å². The van der Waals surface area contributed by atoms with Crippen molar-refractivity contribution in [2.24, 2.45) is 0 Å². The summed E-state index contributed by atoms with van der Waals surface area (Å²) in [6, 6.07) is 14.0. The van der Waals surface area contributed by atoms with E-state index in [1.165, 1.54) is 0 Å². The van der Waals surface area contributed by atoms with Gasteiger partial charge in [-0.25, -0.2) is 9.59 Å². The zero-order valence-electron chi connectivity index (χ0n) is 14.0. The number of unbranched alkanes of at least 4 members (excludes halogenated alkanes) is 1. The van der Waals surface area contributed by atoms with E-state index < -0.39 is 0 Å². The van der Waals surface area contributed by atoms with E-state index in [1.807, 2.05) is 31.2 Å². The van der Waals surface area contributed by atoms with E-state index in [0.717, 1.165) is 22.9 Å². The quantitative estimate of drug-likeness (QED) is 0.517. The SMILES string of the molecule is CCCCOC(=O)c1ccc(NC(=O)NCc2ccccc2Br)cc1. The minimum absolute atomic E-state index is 0.311. The molecular weight excluding hydrogens is 384 g/mol. The van der Waals surface area contributed by atoms with Crippen LogP contribution in [0.1, 0.15) is 35.7 Å². The number of benzene rings is 2. The van der Waals surface area contributed by atoms with E-state index in [0.29, 0.717) is 24.4 Å². The maximum absolute atomic E-state index is 12.0. The van der Waals surface area contributed by atoms with Gasteiger partial charge in [-0.1, -0.05) is 47.5 Å². The third-order valence-corrected chi connectivity index (χ3v) is 4.28. The second-order valence-corrected chi connectivity index (χ2v) is 6.32. The molecule has 0 aliphatic carbocycles. The molecule has 0 saturated heterocycles. The van der Waals surface area contributed by atoms with Gasteiger partial charge in [-0.2, -0.15) is 0 Å². The smallest absolute Gasteiger partial charge is 0.338 e. The second-order valence-electron chi connectivity index (χ2n) is 5.47. The Hall–Kier alpha value is -2.34. The molecule has 0 atom stereocenters. The second kappa shape index (κ2) is 9.84. The van der Waals surface area contributed by atoms with E-state index in [-0.39, 0.29) is 12.0 Å². The molecule has 0 spiro atoms. The number of rotatable bonds is 7. The van der Waals surface area contributed by atoms with Crippen molar-refractivity contribution in [1.82, 2.24) is 5.32 Å². The summed E-state index contributed by atoms with van der Waals surface area (Å²) in [6.45, 7) is 2.87. The summed E-state index contributed by atoms with van der Waals surface area (Å²) in [6.07, 6.45) is 1.83. The van der Waals surface area contributed by atoms with Gasteiger partial charge in [0, 0.05) is 16.7 Å². The number of halogens is 1. The largest absolute Gasteiger partial charge is 0.462 e. The molecule has 0 radical (unpaired) electrons. The summed E-state index contributed by atoms with van der Waals surface area (Å²) in [5.41, 5.74) is 2.06. The summed E-state index contributed by atoms with van der Waals surface area (Å²) in [5, 5.41) is 5.52. The van der Waals surface area contributed by atoms with Crippen LogP contribution in [0.15, 0.2) is 53.0 Å². The van der Waals surface area contributed by atoms with E-state index >= 15 is 0 Å². The Morgan fingerprint density at radius 3 is 2.48 bits per heavy atom. The molecule has 0 bridgehead atoms. The monoisotopic (exact) mass is 404 g/mol. The number of urea groups is 1. The molecule has 0 aromatic heterocycles. The van der Waals surface area contributed by atoms with Gasteiger partial charge in [-0.15, -0.1) is 0 Å². The Morgan fingerprint density at radius 1 is 1.08 bits per heavy atom. The Labute approximate surface area is 155 Å². The van der Waals surface area contributed by atoms with Crippen LogP contribution in [0.3, 0.4) is 0 Å². The number of hydrogen-bond donors (Lipinski definition) is 2. The molecule has 132 valence electrons. The van der Waals surface area contributed by atoms with Crippen LogP contribution >= 0.6 is 15.9 Å². The molecule has 0 heterocycles. The fourth-order valence-electron chi connectivity index (χ4n) is 2.07. The van der Waals surface area contributed by atoms with Crippen molar-refractivity contribution in [3.8, 4) is 0 Å². The molecule has 5 nitrogen and oxygen atoms in total. The Balaban J connectivity index is 1.83. The number of hydrogen-bond acceptors (Lipinski definition) is 3. The van der Waals surface area contributed by atoms with Gasteiger partial charge in [-0.05, 0) is 42.3 Å². The average Bonchev–Trinajstić information content (AvgIpc) is 2.62. The number of carbonyl (C=O) groups excluding carboxylic acids is 2. The van der Waals surface area contributed by atoms with Gasteiger partial charge in [0.25, 0.3) is 0 Å². The number of anilines is 1. The van der Waals surface area contributed by atoms with Gasteiger partial charge < -0.3 is 15.4 Å². The van der Waals surface area contributed by atoms with E-state index in [1.54, 1.807) is 24.3 Å². The van der Waals surface area contributed by atoms with Crippen LogP contribution in [-0.2, 0) is 11.3 Å². The molecular formula is C19H21BrN2O3. The lowest BCUT2D eigenvalue weighted by Crippen LogP contribution is -2.28. The van der Waals surface area contributed by atoms with Crippen molar-refractivity contribution in [3.63, 3.8) is 0 Å². The van der Waals surface area contributed by atoms with Crippen molar-refractivity contribution < 1.29 is 14.3 Å². The maximum atomic E-state index is 12.0. The summed E-state index contributed by atoms with van der Waals surface area (Å²) in [4.78, 5) is 23.8. The fourth-order valence-corrected chi connectivity index (χ4v) is 2.50. The third kappa shape index (κ3) is 6.23. The van der Waals surface area contributed by atoms with E-state index in [2.05, 4.69) is 26.6 Å². The molecule has 2 aromatic carbocycles. The molecule has 2 amide bonds. The first kappa shape index (κ1) is 19.0. The van der Waals surface area contributed by atoms with Crippen molar-refractivity contribution in [3.05, 3.63) is 64.1 Å². The minimum Gasteiger partial charge on any atom is -0.462 e. The first-order valence-electron chi connectivity index (χ1n) is 8.15. The van der Waals surface area contributed by atoms with Crippen LogP contribution in [0.25, 0.3) is 0 Å².